The molecule has 0 aliphatic heterocycles. The molecule has 1 aromatic heterocycles. The average molecular weight is 211 g/mol. The highest BCUT2D eigenvalue weighted by Gasteiger charge is 2.06. The predicted molar refractivity (Wildman–Crippen MR) is 57.4 cm³/mol. The van der Waals surface area contributed by atoms with Gasteiger partial charge in [-0.2, -0.15) is 0 Å². The highest BCUT2D eigenvalue weighted by Crippen LogP contribution is 2.07. The van der Waals surface area contributed by atoms with Crippen molar-refractivity contribution in [2.24, 2.45) is 5.73 Å². The Hall–Kier alpha value is -1.20. The van der Waals surface area contributed by atoms with Crippen molar-refractivity contribution in [3.63, 3.8) is 0 Å². The van der Waals surface area contributed by atoms with Crippen molar-refractivity contribution in [1.29, 1.82) is 0 Å². The minimum absolute atomic E-state index is 0.143. The van der Waals surface area contributed by atoms with Crippen LogP contribution in [0.25, 0.3) is 0 Å². The van der Waals surface area contributed by atoms with Gasteiger partial charge in [0.2, 0.25) is 0 Å². The van der Waals surface area contributed by atoms with Crippen molar-refractivity contribution in [3.8, 4) is 0 Å². The van der Waals surface area contributed by atoms with Crippen molar-refractivity contribution in [2.75, 3.05) is 13.1 Å². The van der Waals surface area contributed by atoms with Crippen LogP contribution in [0.1, 0.15) is 15.5 Å². The molecule has 76 valence electrons. The number of hydrogen-bond donors (Lipinski definition) is 2. The van der Waals surface area contributed by atoms with Gasteiger partial charge in [-0.05, 0) is 6.92 Å². The molecule has 5 heteroatoms. The van der Waals surface area contributed by atoms with Crippen LogP contribution in [0.15, 0.2) is 17.5 Å². The Balaban J connectivity index is 2.39. The Morgan fingerprint density at radius 1 is 1.71 bits per heavy atom. The first-order valence-corrected chi connectivity index (χ1v) is 5.17. The summed E-state index contributed by atoms with van der Waals surface area (Å²) in [5, 5.41) is 5.35. The van der Waals surface area contributed by atoms with E-state index in [1.165, 1.54) is 11.3 Å². The standard InChI is InChI=1S/C9H13N3OS/c1-7-12-8(6-14-7)9(13)11-5-3-2-4-10/h2-3,6H,4-5,10H2,1H3,(H,11,13)/b3-2+. The second kappa shape index (κ2) is 5.51. The molecule has 0 radical (unpaired) electrons. The summed E-state index contributed by atoms with van der Waals surface area (Å²) in [6.07, 6.45) is 3.61. The van der Waals surface area contributed by atoms with Gasteiger partial charge in [-0.3, -0.25) is 4.79 Å². The molecule has 4 nitrogen and oxygen atoms in total. The predicted octanol–water partition coefficient (Wildman–Crippen LogP) is 0.696. The van der Waals surface area contributed by atoms with Gasteiger partial charge in [-0.1, -0.05) is 12.2 Å². The number of carbonyl (C=O) groups is 1. The molecule has 0 aromatic carbocycles. The van der Waals surface area contributed by atoms with Crippen molar-refractivity contribution >= 4 is 17.2 Å². The van der Waals surface area contributed by atoms with Crippen LogP contribution in [0, 0.1) is 6.92 Å². The molecule has 0 spiro atoms. The number of aryl methyl sites for hydroxylation is 1. The number of nitrogens with zero attached hydrogens (tertiary/aromatic N) is 1. The van der Waals surface area contributed by atoms with E-state index < -0.39 is 0 Å². The minimum Gasteiger partial charge on any atom is -0.347 e. The Morgan fingerprint density at radius 3 is 3.07 bits per heavy atom. The Morgan fingerprint density at radius 2 is 2.50 bits per heavy atom. The summed E-state index contributed by atoms with van der Waals surface area (Å²) >= 11 is 1.47. The molecule has 0 unspecified atom stereocenters. The summed E-state index contributed by atoms with van der Waals surface area (Å²) < 4.78 is 0. The smallest absolute Gasteiger partial charge is 0.271 e. The number of thiazole rings is 1. The molecule has 0 aliphatic carbocycles. The molecular weight excluding hydrogens is 198 g/mol. The first-order valence-electron chi connectivity index (χ1n) is 4.29. The molecule has 0 bridgehead atoms. The SMILES string of the molecule is Cc1nc(C(=O)NC/C=C/CN)cs1. The molecule has 0 aliphatic rings. The van der Waals surface area contributed by atoms with Crippen LogP contribution < -0.4 is 11.1 Å². The quantitative estimate of drug-likeness (QED) is 0.720. The minimum atomic E-state index is -0.143. The lowest BCUT2D eigenvalue weighted by molar-refractivity contribution is 0.0953. The number of hydrogen-bond acceptors (Lipinski definition) is 4. The highest BCUT2D eigenvalue weighted by atomic mass is 32.1. The molecule has 14 heavy (non-hydrogen) atoms. The van der Waals surface area contributed by atoms with Gasteiger partial charge >= 0.3 is 0 Å². The van der Waals surface area contributed by atoms with E-state index in [1.54, 1.807) is 11.5 Å². The summed E-state index contributed by atoms with van der Waals surface area (Å²) in [6.45, 7) is 2.86. The molecule has 0 atom stereocenters. The number of nitrogens with one attached hydrogen (secondary N) is 1. The Labute approximate surface area is 86.8 Å². The fourth-order valence-corrected chi connectivity index (χ4v) is 1.48. The van der Waals surface area contributed by atoms with Crippen LogP contribution in [0.2, 0.25) is 0 Å². The molecule has 3 N–H and O–H groups in total. The molecule has 0 fully saturated rings. The van der Waals surface area contributed by atoms with Crippen LogP contribution in [-0.2, 0) is 0 Å². The third-order valence-corrected chi connectivity index (χ3v) is 2.31. The van der Waals surface area contributed by atoms with E-state index in [0.29, 0.717) is 18.8 Å². The van der Waals surface area contributed by atoms with E-state index in [-0.39, 0.29) is 5.91 Å². The average Bonchev–Trinajstić information content (AvgIpc) is 2.59. The van der Waals surface area contributed by atoms with Crippen LogP contribution in [-0.4, -0.2) is 24.0 Å². The maximum atomic E-state index is 11.4. The number of rotatable bonds is 4. The molecule has 1 heterocycles. The van der Waals surface area contributed by atoms with Crippen molar-refractivity contribution < 1.29 is 4.79 Å². The fourth-order valence-electron chi connectivity index (χ4n) is 0.889. The molecular formula is C9H13N3OS. The van der Waals surface area contributed by atoms with Crippen LogP contribution in [0.3, 0.4) is 0 Å². The summed E-state index contributed by atoms with van der Waals surface area (Å²) in [6, 6.07) is 0. The van der Waals surface area contributed by atoms with E-state index in [2.05, 4.69) is 10.3 Å². The van der Waals surface area contributed by atoms with Gasteiger partial charge in [-0.15, -0.1) is 11.3 Å². The van der Waals surface area contributed by atoms with Gasteiger partial charge in [0.15, 0.2) is 0 Å². The fraction of sp³-hybridized carbons (Fsp3) is 0.333. The van der Waals surface area contributed by atoms with Crippen LogP contribution in [0.5, 0.6) is 0 Å². The number of nitrogens with two attached hydrogens (primary N) is 1. The second-order valence-electron chi connectivity index (χ2n) is 2.67. The van der Waals surface area contributed by atoms with Gasteiger partial charge in [0, 0.05) is 18.5 Å². The second-order valence-corrected chi connectivity index (χ2v) is 3.73. The maximum absolute atomic E-state index is 11.4. The lowest BCUT2D eigenvalue weighted by atomic mass is 10.4. The lowest BCUT2D eigenvalue weighted by Crippen LogP contribution is -2.23. The summed E-state index contributed by atoms with van der Waals surface area (Å²) in [7, 11) is 0. The van der Waals surface area contributed by atoms with E-state index >= 15 is 0 Å². The van der Waals surface area contributed by atoms with E-state index in [4.69, 9.17) is 5.73 Å². The number of carbonyl (C=O) groups excluding carboxylic acids is 1. The normalized spacial score (nSPS) is 10.7. The monoisotopic (exact) mass is 211 g/mol. The third kappa shape index (κ3) is 3.27. The van der Waals surface area contributed by atoms with Crippen LogP contribution in [0.4, 0.5) is 0 Å². The van der Waals surface area contributed by atoms with Gasteiger partial charge in [-0.25, -0.2) is 4.98 Å². The lowest BCUT2D eigenvalue weighted by Gasteiger charge is -1.97. The molecule has 0 saturated carbocycles. The number of aromatic nitrogens is 1. The zero-order valence-corrected chi connectivity index (χ0v) is 8.80. The summed E-state index contributed by atoms with van der Waals surface area (Å²) in [5.41, 5.74) is 5.73. The van der Waals surface area contributed by atoms with Crippen molar-refractivity contribution in [3.05, 3.63) is 28.2 Å². The van der Waals surface area contributed by atoms with Crippen LogP contribution >= 0.6 is 11.3 Å². The molecule has 1 aromatic rings. The zero-order chi connectivity index (χ0) is 10.4. The zero-order valence-electron chi connectivity index (χ0n) is 7.99. The topological polar surface area (TPSA) is 68.0 Å². The maximum Gasteiger partial charge on any atom is 0.271 e. The highest BCUT2D eigenvalue weighted by molar-refractivity contribution is 7.09. The van der Waals surface area contributed by atoms with Gasteiger partial charge in [0.05, 0.1) is 5.01 Å². The van der Waals surface area contributed by atoms with Gasteiger partial charge < -0.3 is 11.1 Å². The van der Waals surface area contributed by atoms with E-state index in [1.807, 2.05) is 13.0 Å². The van der Waals surface area contributed by atoms with Crippen molar-refractivity contribution in [2.45, 2.75) is 6.92 Å². The van der Waals surface area contributed by atoms with E-state index in [0.717, 1.165) is 5.01 Å². The number of amides is 1. The Kier molecular flexibility index (Phi) is 4.28. The van der Waals surface area contributed by atoms with Crippen molar-refractivity contribution in [1.82, 2.24) is 10.3 Å². The molecule has 0 saturated heterocycles. The molecule has 1 amide bonds. The largest absolute Gasteiger partial charge is 0.347 e. The van der Waals surface area contributed by atoms with E-state index in [9.17, 15) is 4.79 Å². The van der Waals surface area contributed by atoms with Gasteiger partial charge in [0.25, 0.3) is 5.91 Å². The molecule has 1 rings (SSSR count). The Bertz CT molecular complexity index is 333. The first-order chi connectivity index (χ1) is 6.74. The summed E-state index contributed by atoms with van der Waals surface area (Å²) in [4.78, 5) is 15.5. The first kappa shape index (κ1) is 10.9. The summed E-state index contributed by atoms with van der Waals surface area (Å²) in [5.74, 6) is -0.143. The third-order valence-electron chi connectivity index (χ3n) is 1.53. The van der Waals surface area contributed by atoms with Gasteiger partial charge in [0.1, 0.15) is 5.69 Å².